The molecule has 0 bridgehead atoms. The maximum absolute atomic E-state index is 9.57. The van der Waals surface area contributed by atoms with Gasteiger partial charge in [0.15, 0.2) is 47.0 Å². The maximum atomic E-state index is 9.57. The molecule has 0 aromatic carbocycles. The summed E-state index contributed by atoms with van der Waals surface area (Å²) in [6.45, 7) is 9.93. The Morgan fingerprint density at radius 3 is 1.56 bits per heavy atom. The van der Waals surface area contributed by atoms with Crippen LogP contribution in [0, 0.1) is 11.8 Å². The molecule has 5 N–H and O–H groups in total. The first-order chi connectivity index (χ1) is 22.9. The molecule has 0 amide bonds. The van der Waals surface area contributed by atoms with Crippen LogP contribution in [0.1, 0.15) is 66.3 Å². The Morgan fingerprint density at radius 1 is 0.688 bits per heavy atom. The van der Waals surface area contributed by atoms with Gasteiger partial charge in [0.2, 0.25) is 0 Å². The molecule has 48 heavy (non-hydrogen) atoms. The number of hydrogen-bond acceptors (Lipinski definition) is 15. The smallest absolute Gasteiger partial charge is 0.167 e. The minimum Gasteiger partial charge on any atom is -0.396 e. The molecule has 4 saturated heterocycles. The molecule has 4 aromatic heterocycles. The van der Waals surface area contributed by atoms with E-state index in [1.54, 1.807) is 12.7 Å². The van der Waals surface area contributed by atoms with Crippen molar-refractivity contribution in [3.63, 3.8) is 0 Å². The Labute approximate surface area is 275 Å². The van der Waals surface area contributed by atoms with E-state index in [0.29, 0.717) is 39.9 Å². The second-order valence-electron chi connectivity index (χ2n) is 14.5. The molecule has 8 heterocycles. The average Bonchev–Trinajstić information content (AvgIpc) is 3.38. The van der Waals surface area contributed by atoms with E-state index in [-0.39, 0.29) is 48.8 Å². The zero-order chi connectivity index (χ0) is 33.4. The standard InChI is InChI=1S/C16H21N5O3.C15H19N5O4/c1-4-8-5-16(8)11-10(22-15(2,3)23-11)14(24-16)21-7-20-9-12(17)18-6-19-13(9)21;1-14(2)22-9-10(23-14)15(3-7(15)4-21)24-13(9)20-6-19-8-11(16)17-5-18-12(8)20/h6-8,10-11,14H,4-5H2,1-3H3,(H2,17,18,19);5-7,9-10,13,21H,3-4H2,1-2H3,(H2,16,17,18)/t8-,10?,11-,14-,16-;7-,9?,10+,13+,15+/m10/s1. The van der Waals surface area contributed by atoms with Gasteiger partial charge >= 0.3 is 0 Å². The summed E-state index contributed by atoms with van der Waals surface area (Å²) in [6.07, 6.45) is 7.46. The van der Waals surface area contributed by atoms with Crippen LogP contribution in [0.3, 0.4) is 0 Å². The third-order valence-corrected chi connectivity index (χ3v) is 10.7. The first-order valence-electron chi connectivity index (χ1n) is 16.4. The predicted molar refractivity (Wildman–Crippen MR) is 166 cm³/mol. The zero-order valence-corrected chi connectivity index (χ0v) is 27.4. The highest BCUT2D eigenvalue weighted by Crippen LogP contribution is 2.64. The summed E-state index contributed by atoms with van der Waals surface area (Å²) >= 11 is 0. The molecular weight excluding hydrogens is 624 g/mol. The summed E-state index contributed by atoms with van der Waals surface area (Å²) in [7, 11) is 0. The van der Waals surface area contributed by atoms with Crippen molar-refractivity contribution >= 4 is 34.0 Å². The van der Waals surface area contributed by atoms with Crippen molar-refractivity contribution in [2.45, 2.75) is 114 Å². The summed E-state index contributed by atoms with van der Waals surface area (Å²) in [5, 5.41) is 9.57. The van der Waals surface area contributed by atoms with E-state index < -0.39 is 23.4 Å². The van der Waals surface area contributed by atoms with Gasteiger partial charge in [-0.05, 0) is 46.5 Å². The van der Waals surface area contributed by atoms with Gasteiger partial charge in [0.25, 0.3) is 0 Å². The third kappa shape index (κ3) is 4.28. The van der Waals surface area contributed by atoms with E-state index in [9.17, 15) is 5.11 Å². The number of nitrogens with two attached hydrogens (primary N) is 2. The summed E-state index contributed by atoms with van der Waals surface area (Å²) < 4.78 is 41.1. The van der Waals surface area contributed by atoms with Crippen molar-refractivity contribution in [1.29, 1.82) is 0 Å². The first kappa shape index (κ1) is 30.5. The summed E-state index contributed by atoms with van der Waals surface area (Å²) in [6, 6.07) is 0. The van der Waals surface area contributed by atoms with Crippen molar-refractivity contribution in [1.82, 2.24) is 39.0 Å². The molecular formula is C31H40N10O7. The van der Waals surface area contributed by atoms with E-state index in [0.717, 1.165) is 19.3 Å². The molecule has 6 aliphatic rings. The second kappa shape index (κ2) is 9.99. The van der Waals surface area contributed by atoms with Crippen LogP contribution in [0.4, 0.5) is 11.6 Å². The lowest BCUT2D eigenvalue weighted by atomic mass is 10.1. The van der Waals surface area contributed by atoms with Crippen LogP contribution < -0.4 is 11.5 Å². The molecule has 256 valence electrons. The first-order valence-corrected chi connectivity index (χ1v) is 16.4. The zero-order valence-electron chi connectivity index (χ0n) is 27.4. The molecule has 2 spiro atoms. The Balaban J connectivity index is 0.000000131. The molecule has 4 aliphatic heterocycles. The third-order valence-electron chi connectivity index (χ3n) is 10.7. The number of anilines is 2. The fraction of sp³-hybridized carbons (Fsp3) is 0.677. The van der Waals surface area contributed by atoms with Gasteiger partial charge in [0.05, 0.1) is 12.7 Å². The van der Waals surface area contributed by atoms with E-state index in [4.69, 9.17) is 39.9 Å². The summed E-state index contributed by atoms with van der Waals surface area (Å²) in [5.41, 5.74) is 13.4. The minimum atomic E-state index is -0.697. The molecule has 17 heteroatoms. The molecule has 0 radical (unpaired) electrons. The summed E-state index contributed by atoms with van der Waals surface area (Å²) in [5.74, 6) is -0.0622. The molecule has 17 nitrogen and oxygen atoms in total. The van der Waals surface area contributed by atoms with Gasteiger partial charge < -0.3 is 45.0 Å². The fourth-order valence-corrected chi connectivity index (χ4v) is 8.36. The van der Waals surface area contributed by atoms with Gasteiger partial charge in [-0.1, -0.05) is 13.3 Å². The van der Waals surface area contributed by atoms with Crippen LogP contribution in [0.2, 0.25) is 0 Å². The van der Waals surface area contributed by atoms with Crippen LogP contribution in [0.25, 0.3) is 22.3 Å². The lowest BCUT2D eigenvalue weighted by molar-refractivity contribution is -0.204. The molecule has 2 saturated carbocycles. The number of nitrogens with zero attached hydrogens (tertiary/aromatic N) is 8. The normalized spacial score (nSPS) is 39.6. The van der Waals surface area contributed by atoms with E-state index in [1.165, 1.54) is 12.7 Å². The van der Waals surface area contributed by atoms with Gasteiger partial charge in [-0.3, -0.25) is 9.13 Å². The van der Waals surface area contributed by atoms with Crippen molar-refractivity contribution in [3.8, 4) is 0 Å². The molecule has 10 atom stereocenters. The van der Waals surface area contributed by atoms with E-state index in [2.05, 4.69) is 36.8 Å². The highest BCUT2D eigenvalue weighted by atomic mass is 16.8. The quantitative estimate of drug-likeness (QED) is 0.284. The largest absolute Gasteiger partial charge is 0.396 e. The number of rotatable bonds is 4. The molecule has 10 rings (SSSR count). The topological polar surface area (TPSA) is 215 Å². The molecule has 2 unspecified atom stereocenters. The SMILES string of the molecule is CC1(C)OC2[C@H](n3cnc4c(N)ncnc43)O[C@@]3(C[C@H]3CO)[C@@H]2O1.CC[C@@H]1C[C@@]12O[C@@H](n1cnc3c(N)ncnc31)C1OC(C)(C)O[C@H]12. The van der Waals surface area contributed by atoms with Crippen molar-refractivity contribution in [2.24, 2.45) is 11.8 Å². The summed E-state index contributed by atoms with van der Waals surface area (Å²) in [4.78, 5) is 25.3. The Bertz CT molecular complexity index is 1780. The van der Waals surface area contributed by atoms with Gasteiger partial charge in [-0.15, -0.1) is 0 Å². The molecule has 2 aliphatic carbocycles. The van der Waals surface area contributed by atoms with Gasteiger partial charge in [0, 0.05) is 12.5 Å². The number of aliphatic hydroxyl groups excluding tert-OH is 1. The van der Waals surface area contributed by atoms with Crippen LogP contribution in [0.15, 0.2) is 25.3 Å². The fourth-order valence-electron chi connectivity index (χ4n) is 8.36. The Kier molecular flexibility index (Phi) is 6.35. The van der Waals surface area contributed by atoms with Gasteiger partial charge in [-0.25, -0.2) is 29.9 Å². The molecule has 6 fully saturated rings. The lowest BCUT2D eigenvalue weighted by Crippen LogP contribution is -2.33. The maximum Gasteiger partial charge on any atom is 0.167 e. The number of aliphatic hydroxyl groups is 1. The number of aromatic nitrogens is 8. The number of hydrogen-bond donors (Lipinski definition) is 3. The van der Waals surface area contributed by atoms with E-state index in [1.807, 2.05) is 36.8 Å². The van der Waals surface area contributed by atoms with Crippen LogP contribution in [-0.2, 0) is 28.4 Å². The van der Waals surface area contributed by atoms with E-state index >= 15 is 0 Å². The number of ether oxygens (including phenoxy) is 6. The number of nitrogen functional groups attached to an aromatic ring is 2. The monoisotopic (exact) mass is 664 g/mol. The van der Waals surface area contributed by atoms with Crippen LogP contribution in [-0.4, -0.2) is 97.9 Å². The highest BCUT2D eigenvalue weighted by molar-refractivity contribution is 5.81. The molecule has 4 aromatic rings. The van der Waals surface area contributed by atoms with Crippen molar-refractivity contribution in [3.05, 3.63) is 25.3 Å². The number of fused-ring (bicyclic) bond motifs is 6. The highest BCUT2D eigenvalue weighted by Gasteiger charge is 2.74. The van der Waals surface area contributed by atoms with Gasteiger partial charge in [-0.2, -0.15) is 0 Å². The Morgan fingerprint density at radius 2 is 1.15 bits per heavy atom. The minimum absolute atomic E-state index is 0.0574. The number of imidazole rings is 2. The Hall–Kier alpha value is -3.58. The van der Waals surface area contributed by atoms with Crippen molar-refractivity contribution < 1.29 is 33.5 Å². The van der Waals surface area contributed by atoms with Crippen LogP contribution >= 0.6 is 0 Å². The van der Waals surface area contributed by atoms with Crippen LogP contribution in [0.5, 0.6) is 0 Å². The van der Waals surface area contributed by atoms with Crippen molar-refractivity contribution in [2.75, 3.05) is 18.1 Å². The predicted octanol–water partition coefficient (Wildman–Crippen LogP) is 1.83. The average molecular weight is 665 g/mol. The van der Waals surface area contributed by atoms with Gasteiger partial charge in [0.1, 0.15) is 59.3 Å². The second-order valence-corrected chi connectivity index (χ2v) is 14.5. The lowest BCUT2D eigenvalue weighted by Gasteiger charge is -2.25.